The van der Waals surface area contributed by atoms with Gasteiger partial charge >= 0.3 is 5.97 Å². The van der Waals surface area contributed by atoms with E-state index in [1.54, 1.807) is 17.7 Å². The first-order chi connectivity index (χ1) is 10.5. The fourth-order valence-electron chi connectivity index (χ4n) is 2.34. The van der Waals surface area contributed by atoms with Gasteiger partial charge in [-0.3, -0.25) is 4.68 Å². The number of esters is 1. The van der Waals surface area contributed by atoms with Gasteiger partial charge in [-0.25, -0.2) is 4.79 Å². The van der Waals surface area contributed by atoms with Gasteiger partial charge < -0.3 is 9.47 Å². The Morgan fingerprint density at radius 2 is 2.00 bits per heavy atom. The Balaban J connectivity index is 2.51. The van der Waals surface area contributed by atoms with Gasteiger partial charge in [0.25, 0.3) is 0 Å². The fraction of sp³-hybridized carbons (Fsp3) is 0.294. The van der Waals surface area contributed by atoms with Crippen LogP contribution < -0.4 is 4.74 Å². The number of methoxy groups -OCH3 is 1. The van der Waals surface area contributed by atoms with Crippen molar-refractivity contribution in [3.05, 3.63) is 47.2 Å². The van der Waals surface area contributed by atoms with Crippen molar-refractivity contribution in [1.29, 1.82) is 0 Å². The second-order valence-electron chi connectivity index (χ2n) is 5.03. The van der Waals surface area contributed by atoms with Crippen molar-refractivity contribution in [3.8, 4) is 11.6 Å². The maximum atomic E-state index is 12.0. The lowest BCUT2D eigenvalue weighted by atomic mass is 9.99. The minimum absolute atomic E-state index is 0.389. The van der Waals surface area contributed by atoms with Gasteiger partial charge in [-0.2, -0.15) is 0 Å². The zero-order chi connectivity index (χ0) is 16.3. The molecular formula is C17H20N2O3. The molecule has 0 amide bonds. The molecule has 0 saturated carbocycles. The molecule has 116 valence electrons. The summed E-state index contributed by atoms with van der Waals surface area (Å²) in [6, 6.07) is 5.64. The molecule has 22 heavy (non-hydrogen) atoms. The summed E-state index contributed by atoms with van der Waals surface area (Å²) in [5.41, 5.74) is 3.06. The first kappa shape index (κ1) is 15.8. The Kier molecular flexibility index (Phi) is 4.65. The van der Waals surface area contributed by atoms with Crippen molar-refractivity contribution in [3.63, 3.8) is 0 Å². The van der Waals surface area contributed by atoms with E-state index < -0.39 is 0 Å². The van der Waals surface area contributed by atoms with E-state index in [4.69, 9.17) is 9.47 Å². The molecule has 1 aromatic heterocycles. The Morgan fingerprint density at radius 1 is 1.27 bits per heavy atom. The van der Waals surface area contributed by atoms with Gasteiger partial charge in [-0.1, -0.05) is 18.2 Å². The highest BCUT2D eigenvalue weighted by Gasteiger charge is 2.20. The summed E-state index contributed by atoms with van der Waals surface area (Å²) >= 11 is 0. The molecule has 0 aliphatic heterocycles. The van der Waals surface area contributed by atoms with E-state index in [1.807, 2.05) is 45.3 Å². The number of rotatable bonds is 4. The standard InChI is InChI=1S/C17H20N2O3/c1-6-13(17(20)21-5)15-11(2)8-7-9-14(15)22-16-12(3)10-19(4)18-16/h6-10H,1-5H3/b13-6-. The number of nitrogens with zero attached hydrogens (tertiary/aromatic N) is 2. The third-order valence-corrected chi connectivity index (χ3v) is 3.37. The van der Waals surface area contributed by atoms with Crippen LogP contribution in [0, 0.1) is 13.8 Å². The van der Waals surface area contributed by atoms with Crippen molar-refractivity contribution in [1.82, 2.24) is 9.78 Å². The average Bonchev–Trinajstić information content (AvgIpc) is 2.80. The maximum absolute atomic E-state index is 12.0. The number of carbonyl (C=O) groups excluding carboxylic acids is 1. The molecule has 5 nitrogen and oxygen atoms in total. The van der Waals surface area contributed by atoms with Gasteiger partial charge in [-0.15, -0.1) is 5.10 Å². The minimum Gasteiger partial charge on any atom is -0.465 e. The zero-order valence-corrected chi connectivity index (χ0v) is 13.5. The Bertz CT molecular complexity index is 730. The van der Waals surface area contributed by atoms with Crippen molar-refractivity contribution >= 4 is 11.5 Å². The topological polar surface area (TPSA) is 53.4 Å². The Morgan fingerprint density at radius 3 is 2.55 bits per heavy atom. The molecular weight excluding hydrogens is 280 g/mol. The highest BCUT2D eigenvalue weighted by atomic mass is 16.5. The third kappa shape index (κ3) is 3.03. The van der Waals surface area contributed by atoms with Crippen LogP contribution >= 0.6 is 0 Å². The number of hydrogen-bond donors (Lipinski definition) is 0. The van der Waals surface area contributed by atoms with Crippen LogP contribution in [0.1, 0.15) is 23.6 Å². The van der Waals surface area contributed by atoms with E-state index in [1.165, 1.54) is 7.11 Å². The quantitative estimate of drug-likeness (QED) is 0.641. The van der Waals surface area contributed by atoms with E-state index in [-0.39, 0.29) is 5.97 Å². The molecule has 5 heteroatoms. The van der Waals surface area contributed by atoms with Gasteiger partial charge in [0.15, 0.2) is 0 Å². The molecule has 1 heterocycles. The number of carbonyl (C=O) groups is 1. The summed E-state index contributed by atoms with van der Waals surface area (Å²) in [6.07, 6.45) is 3.61. The predicted octanol–water partition coefficient (Wildman–Crippen LogP) is 3.41. The normalized spacial score (nSPS) is 11.4. The number of allylic oxidation sites excluding steroid dienone is 1. The molecule has 0 spiro atoms. The van der Waals surface area contributed by atoms with Gasteiger partial charge in [0, 0.05) is 24.4 Å². The number of aromatic nitrogens is 2. The van der Waals surface area contributed by atoms with Crippen LogP contribution in [0.3, 0.4) is 0 Å². The van der Waals surface area contributed by atoms with E-state index in [0.29, 0.717) is 17.2 Å². The summed E-state index contributed by atoms with van der Waals surface area (Å²) in [5, 5.41) is 4.29. The molecule has 0 N–H and O–H groups in total. The van der Waals surface area contributed by atoms with Crippen LogP contribution in [-0.4, -0.2) is 22.9 Å². The summed E-state index contributed by atoms with van der Waals surface area (Å²) in [5.74, 6) is 0.717. The van der Waals surface area contributed by atoms with Crippen LogP contribution in [0.4, 0.5) is 0 Å². The third-order valence-electron chi connectivity index (χ3n) is 3.37. The van der Waals surface area contributed by atoms with Crippen molar-refractivity contribution in [2.45, 2.75) is 20.8 Å². The molecule has 0 fully saturated rings. The van der Waals surface area contributed by atoms with Gasteiger partial charge in [0.2, 0.25) is 5.88 Å². The van der Waals surface area contributed by atoms with Crippen molar-refractivity contribution < 1.29 is 14.3 Å². The van der Waals surface area contributed by atoms with Crippen molar-refractivity contribution in [2.24, 2.45) is 7.05 Å². The van der Waals surface area contributed by atoms with Crippen LogP contribution in [0.2, 0.25) is 0 Å². The van der Waals surface area contributed by atoms with E-state index in [0.717, 1.165) is 16.7 Å². The molecule has 1 aromatic carbocycles. The average molecular weight is 300 g/mol. The molecule has 0 aliphatic carbocycles. The monoisotopic (exact) mass is 300 g/mol. The smallest absolute Gasteiger partial charge is 0.338 e. The molecule has 0 radical (unpaired) electrons. The molecule has 0 bridgehead atoms. The molecule has 0 unspecified atom stereocenters. The SMILES string of the molecule is C/C=C(\C(=O)OC)c1c(C)cccc1Oc1nn(C)cc1C. The summed E-state index contributed by atoms with van der Waals surface area (Å²) in [6.45, 7) is 5.66. The molecule has 2 aromatic rings. The Hall–Kier alpha value is -2.56. The number of hydrogen-bond acceptors (Lipinski definition) is 4. The van der Waals surface area contributed by atoms with Gasteiger partial charge in [0.1, 0.15) is 5.75 Å². The van der Waals surface area contributed by atoms with Crippen molar-refractivity contribution in [2.75, 3.05) is 7.11 Å². The van der Waals surface area contributed by atoms with Crippen LogP contribution in [-0.2, 0) is 16.6 Å². The van der Waals surface area contributed by atoms with E-state index in [2.05, 4.69) is 5.10 Å². The number of ether oxygens (including phenoxy) is 2. The molecule has 0 atom stereocenters. The van der Waals surface area contributed by atoms with Gasteiger partial charge in [-0.05, 0) is 32.4 Å². The largest absolute Gasteiger partial charge is 0.465 e. The minimum atomic E-state index is -0.389. The van der Waals surface area contributed by atoms with Crippen LogP contribution in [0.25, 0.3) is 5.57 Å². The summed E-state index contributed by atoms with van der Waals surface area (Å²) in [7, 11) is 3.20. The fourth-order valence-corrected chi connectivity index (χ4v) is 2.34. The number of benzene rings is 1. The summed E-state index contributed by atoms with van der Waals surface area (Å²) in [4.78, 5) is 12.0. The zero-order valence-electron chi connectivity index (χ0n) is 13.5. The first-order valence-electron chi connectivity index (χ1n) is 7.00. The van der Waals surface area contributed by atoms with Crippen LogP contribution in [0.15, 0.2) is 30.5 Å². The lowest BCUT2D eigenvalue weighted by Gasteiger charge is -2.14. The van der Waals surface area contributed by atoms with E-state index in [9.17, 15) is 4.79 Å². The number of aryl methyl sites for hydroxylation is 3. The maximum Gasteiger partial charge on any atom is 0.338 e. The lowest BCUT2D eigenvalue weighted by molar-refractivity contribution is -0.133. The molecule has 0 saturated heterocycles. The highest BCUT2D eigenvalue weighted by molar-refractivity contribution is 6.17. The second-order valence-corrected chi connectivity index (χ2v) is 5.03. The van der Waals surface area contributed by atoms with Crippen LogP contribution in [0.5, 0.6) is 11.6 Å². The molecule has 2 rings (SSSR count). The highest BCUT2D eigenvalue weighted by Crippen LogP contribution is 2.33. The summed E-state index contributed by atoms with van der Waals surface area (Å²) < 4.78 is 12.5. The first-order valence-corrected chi connectivity index (χ1v) is 7.00. The lowest BCUT2D eigenvalue weighted by Crippen LogP contribution is -2.06. The predicted molar refractivity (Wildman–Crippen MR) is 84.9 cm³/mol. The van der Waals surface area contributed by atoms with Gasteiger partial charge in [0.05, 0.1) is 12.7 Å². The second kappa shape index (κ2) is 6.47. The molecule has 0 aliphatic rings. The Labute approximate surface area is 130 Å². The van der Waals surface area contributed by atoms with E-state index >= 15 is 0 Å².